The molecule has 35 heavy (non-hydrogen) atoms. The summed E-state index contributed by atoms with van der Waals surface area (Å²) in [6, 6.07) is 17.6. The van der Waals surface area contributed by atoms with Crippen molar-refractivity contribution in [2.24, 2.45) is 0 Å². The molecule has 3 aromatic carbocycles. The molecule has 4 aromatic rings. The molecule has 9 heteroatoms. The maximum Gasteiger partial charge on any atom is 0.316 e. The van der Waals surface area contributed by atoms with Crippen LogP contribution in [0, 0.1) is 6.92 Å². The van der Waals surface area contributed by atoms with Crippen molar-refractivity contribution in [2.45, 2.75) is 43.7 Å². The topological polar surface area (TPSA) is 107 Å². The van der Waals surface area contributed by atoms with Crippen LogP contribution in [-0.4, -0.2) is 23.5 Å². The molecule has 0 saturated heterocycles. The first kappa shape index (κ1) is 24.2. The molecule has 0 aliphatic heterocycles. The van der Waals surface area contributed by atoms with Gasteiger partial charge in [0.05, 0.1) is 26.5 Å². The molecule has 0 radical (unpaired) electrons. The van der Waals surface area contributed by atoms with Crippen LogP contribution in [0.2, 0.25) is 0 Å². The van der Waals surface area contributed by atoms with E-state index in [2.05, 4.69) is 5.32 Å². The molecule has 8 nitrogen and oxygen atoms in total. The Balaban J connectivity index is 2.05. The Hall–Kier alpha value is -3.98. The SMILES string of the molecule is CCn1c(=O)c(=O)n(CC)c2cc(S(=O)(=O)c3ccccc3)c(NC(=O)c3cccc(C)c3)cc21. The number of fused-ring (bicyclic) bond motifs is 1. The van der Waals surface area contributed by atoms with Crippen molar-refractivity contribution in [3.63, 3.8) is 0 Å². The molecule has 1 aromatic heterocycles. The number of anilines is 1. The first-order valence-electron chi connectivity index (χ1n) is 11.2. The first-order chi connectivity index (χ1) is 16.7. The minimum absolute atomic E-state index is 0.0239. The summed E-state index contributed by atoms with van der Waals surface area (Å²) in [5, 5.41) is 2.72. The monoisotopic (exact) mass is 491 g/mol. The average Bonchev–Trinajstić information content (AvgIpc) is 2.85. The van der Waals surface area contributed by atoms with Crippen LogP contribution in [0.1, 0.15) is 29.8 Å². The van der Waals surface area contributed by atoms with E-state index in [4.69, 9.17) is 0 Å². The highest BCUT2D eigenvalue weighted by Crippen LogP contribution is 2.32. The molecule has 180 valence electrons. The lowest BCUT2D eigenvalue weighted by Crippen LogP contribution is -2.41. The van der Waals surface area contributed by atoms with Gasteiger partial charge in [-0.2, -0.15) is 0 Å². The molecule has 0 atom stereocenters. The van der Waals surface area contributed by atoms with E-state index >= 15 is 0 Å². The minimum atomic E-state index is -4.08. The fourth-order valence-corrected chi connectivity index (χ4v) is 5.53. The van der Waals surface area contributed by atoms with Crippen molar-refractivity contribution in [1.29, 1.82) is 0 Å². The van der Waals surface area contributed by atoms with Gasteiger partial charge in [0.1, 0.15) is 0 Å². The van der Waals surface area contributed by atoms with Crippen LogP contribution in [0.4, 0.5) is 5.69 Å². The highest BCUT2D eigenvalue weighted by molar-refractivity contribution is 7.91. The second-order valence-electron chi connectivity index (χ2n) is 8.08. The molecule has 0 aliphatic rings. The first-order valence-corrected chi connectivity index (χ1v) is 12.7. The van der Waals surface area contributed by atoms with Crippen LogP contribution in [0.25, 0.3) is 11.0 Å². The highest BCUT2D eigenvalue weighted by Gasteiger charge is 2.25. The lowest BCUT2D eigenvalue weighted by atomic mass is 10.1. The number of aryl methyl sites for hydroxylation is 3. The summed E-state index contributed by atoms with van der Waals surface area (Å²) in [5.74, 6) is -0.494. The number of carbonyl (C=O) groups excluding carboxylic acids is 1. The van der Waals surface area contributed by atoms with Crippen molar-refractivity contribution in [3.8, 4) is 0 Å². The van der Waals surface area contributed by atoms with Gasteiger partial charge in [0, 0.05) is 18.7 Å². The van der Waals surface area contributed by atoms with Crippen LogP contribution in [0.15, 0.2) is 86.1 Å². The van der Waals surface area contributed by atoms with Gasteiger partial charge in [-0.3, -0.25) is 14.4 Å². The number of rotatable bonds is 6. The number of hydrogen-bond donors (Lipinski definition) is 1. The van der Waals surface area contributed by atoms with E-state index in [1.54, 1.807) is 50.2 Å². The molecule has 1 N–H and O–H groups in total. The normalized spacial score (nSPS) is 11.5. The van der Waals surface area contributed by atoms with E-state index in [1.165, 1.54) is 33.4 Å². The lowest BCUT2D eigenvalue weighted by Gasteiger charge is -2.18. The number of amides is 1. The van der Waals surface area contributed by atoms with Crippen molar-refractivity contribution in [3.05, 3.63) is 98.6 Å². The quantitative estimate of drug-likeness (QED) is 0.415. The van der Waals surface area contributed by atoms with Gasteiger partial charge in [0.2, 0.25) is 9.84 Å². The number of nitrogens with one attached hydrogen (secondary N) is 1. The molecular weight excluding hydrogens is 466 g/mol. The van der Waals surface area contributed by atoms with Gasteiger partial charge in [0.15, 0.2) is 0 Å². The number of hydrogen-bond acceptors (Lipinski definition) is 5. The molecule has 0 aliphatic carbocycles. The lowest BCUT2D eigenvalue weighted by molar-refractivity contribution is 0.102. The summed E-state index contributed by atoms with van der Waals surface area (Å²) in [6.45, 7) is 5.65. The summed E-state index contributed by atoms with van der Waals surface area (Å²) in [6.07, 6.45) is 0. The van der Waals surface area contributed by atoms with Crippen LogP contribution in [0.5, 0.6) is 0 Å². The van der Waals surface area contributed by atoms with Gasteiger partial charge < -0.3 is 14.5 Å². The Kier molecular flexibility index (Phi) is 6.45. The Morgan fingerprint density at radius 3 is 2.00 bits per heavy atom. The van der Waals surface area contributed by atoms with E-state index in [1.807, 2.05) is 13.0 Å². The van der Waals surface area contributed by atoms with Gasteiger partial charge in [-0.05, 0) is 57.2 Å². The van der Waals surface area contributed by atoms with E-state index in [-0.39, 0.29) is 28.6 Å². The van der Waals surface area contributed by atoms with E-state index in [0.29, 0.717) is 16.6 Å². The van der Waals surface area contributed by atoms with Gasteiger partial charge in [-0.25, -0.2) is 8.42 Å². The fraction of sp³-hybridized carbons (Fsp3) is 0.192. The van der Waals surface area contributed by atoms with E-state index in [0.717, 1.165) is 5.56 Å². The van der Waals surface area contributed by atoms with Crippen molar-refractivity contribution in [1.82, 2.24) is 9.13 Å². The minimum Gasteiger partial charge on any atom is -0.321 e. The largest absolute Gasteiger partial charge is 0.321 e. The summed E-state index contributed by atoms with van der Waals surface area (Å²) < 4.78 is 29.9. The second kappa shape index (κ2) is 9.34. The molecule has 4 rings (SSSR count). The number of carbonyl (C=O) groups is 1. The van der Waals surface area contributed by atoms with Crippen LogP contribution >= 0.6 is 0 Å². The standard InChI is InChI=1S/C26H25N3O5S/c1-4-28-21-15-20(27-24(30)18-11-9-10-17(3)14-18)23(35(33,34)19-12-7-6-8-13-19)16-22(21)29(5-2)26(32)25(28)31/h6-16H,4-5H2,1-3H3,(H,27,30). The zero-order chi connectivity index (χ0) is 25.3. The van der Waals surface area contributed by atoms with Gasteiger partial charge in [-0.1, -0.05) is 35.9 Å². The van der Waals surface area contributed by atoms with Crippen molar-refractivity contribution < 1.29 is 13.2 Å². The van der Waals surface area contributed by atoms with Crippen LogP contribution in [-0.2, 0) is 22.9 Å². The summed E-state index contributed by atoms with van der Waals surface area (Å²) in [7, 11) is -4.08. The fourth-order valence-electron chi connectivity index (χ4n) is 4.10. The van der Waals surface area contributed by atoms with E-state index in [9.17, 15) is 22.8 Å². The Labute approximate surface area is 202 Å². The number of nitrogens with zero attached hydrogens (tertiary/aromatic N) is 2. The van der Waals surface area contributed by atoms with Gasteiger partial charge in [0.25, 0.3) is 5.91 Å². The maximum absolute atomic E-state index is 13.7. The molecule has 0 spiro atoms. The third-order valence-corrected chi connectivity index (χ3v) is 7.65. The average molecular weight is 492 g/mol. The smallest absolute Gasteiger partial charge is 0.316 e. The zero-order valence-electron chi connectivity index (χ0n) is 19.6. The Morgan fingerprint density at radius 1 is 0.829 bits per heavy atom. The molecule has 0 saturated carbocycles. The summed E-state index contributed by atoms with van der Waals surface area (Å²) in [5.41, 5.74) is 0.459. The Bertz CT molecular complexity index is 1670. The van der Waals surface area contributed by atoms with Crippen molar-refractivity contribution in [2.75, 3.05) is 5.32 Å². The third kappa shape index (κ3) is 4.30. The summed E-state index contributed by atoms with van der Waals surface area (Å²) in [4.78, 5) is 38.4. The maximum atomic E-state index is 13.7. The molecular formula is C26H25N3O5S. The molecule has 0 fully saturated rings. The Morgan fingerprint density at radius 2 is 1.43 bits per heavy atom. The third-order valence-electron chi connectivity index (χ3n) is 5.84. The predicted molar refractivity (Wildman–Crippen MR) is 135 cm³/mol. The van der Waals surface area contributed by atoms with Crippen molar-refractivity contribution >= 4 is 32.5 Å². The molecule has 0 unspecified atom stereocenters. The van der Waals surface area contributed by atoms with E-state index < -0.39 is 26.9 Å². The van der Waals surface area contributed by atoms with Crippen LogP contribution < -0.4 is 16.4 Å². The van der Waals surface area contributed by atoms with Gasteiger partial charge in [-0.15, -0.1) is 0 Å². The number of aromatic nitrogens is 2. The second-order valence-corrected chi connectivity index (χ2v) is 9.99. The molecule has 0 bridgehead atoms. The molecule has 1 amide bonds. The number of sulfone groups is 1. The predicted octanol–water partition coefficient (Wildman–Crippen LogP) is 3.60. The molecule has 1 heterocycles. The zero-order valence-corrected chi connectivity index (χ0v) is 20.4. The summed E-state index contributed by atoms with van der Waals surface area (Å²) >= 11 is 0. The highest BCUT2D eigenvalue weighted by atomic mass is 32.2. The van der Waals surface area contributed by atoms with Gasteiger partial charge >= 0.3 is 11.1 Å². The number of benzene rings is 3. The van der Waals surface area contributed by atoms with Crippen LogP contribution in [0.3, 0.4) is 0 Å².